The van der Waals surface area contributed by atoms with Crippen molar-refractivity contribution in [3.63, 3.8) is 0 Å². The number of hydrogen-bond acceptors (Lipinski definition) is 5. The van der Waals surface area contributed by atoms with Crippen LogP contribution in [0.4, 0.5) is 4.39 Å². The summed E-state index contributed by atoms with van der Waals surface area (Å²) in [6.45, 7) is 4.66. The van der Waals surface area contributed by atoms with Crippen LogP contribution >= 0.6 is 0 Å². The first-order valence-corrected chi connectivity index (χ1v) is 8.67. The Morgan fingerprint density at radius 1 is 1.50 bits per heavy atom. The molecule has 2 heterocycles. The van der Waals surface area contributed by atoms with Crippen molar-refractivity contribution < 1.29 is 23.4 Å². The normalized spacial score (nSPS) is 18.0. The maximum atomic E-state index is 13.1. The topological polar surface area (TPSA) is 75.8 Å². The van der Waals surface area contributed by atoms with Crippen molar-refractivity contribution in [3.05, 3.63) is 47.9 Å². The Morgan fingerprint density at radius 2 is 2.31 bits per heavy atom. The highest BCUT2D eigenvalue weighted by Gasteiger charge is 2.34. The molecular formula is C19H23FN2O4. The average Bonchev–Trinajstić information content (AvgIpc) is 3.08. The summed E-state index contributed by atoms with van der Waals surface area (Å²) in [5.41, 5.74) is -0.619. The molecule has 7 heteroatoms. The molecule has 1 amide bonds. The van der Waals surface area contributed by atoms with E-state index in [1.807, 2.05) is 0 Å². The smallest absolute Gasteiger partial charge is 0.275 e. The van der Waals surface area contributed by atoms with Gasteiger partial charge in [-0.2, -0.15) is 0 Å². The lowest BCUT2D eigenvalue weighted by Gasteiger charge is -2.38. The minimum atomic E-state index is -0.827. The van der Waals surface area contributed by atoms with Crippen molar-refractivity contribution in [2.24, 2.45) is 5.92 Å². The van der Waals surface area contributed by atoms with Gasteiger partial charge in [-0.1, -0.05) is 6.07 Å². The van der Waals surface area contributed by atoms with Crippen LogP contribution in [0.15, 0.2) is 34.9 Å². The number of oxazole rings is 1. The number of likely N-dealkylation sites (tertiary alicyclic amines) is 1. The molecular weight excluding hydrogens is 339 g/mol. The van der Waals surface area contributed by atoms with Crippen LogP contribution in [0.3, 0.4) is 0 Å². The Balaban J connectivity index is 1.61. The van der Waals surface area contributed by atoms with Crippen LogP contribution in [0.2, 0.25) is 0 Å². The number of nitrogens with zero attached hydrogens (tertiary/aromatic N) is 2. The van der Waals surface area contributed by atoms with Gasteiger partial charge in [0.15, 0.2) is 12.3 Å². The van der Waals surface area contributed by atoms with E-state index in [0.29, 0.717) is 18.8 Å². The minimum absolute atomic E-state index is 0.00301. The van der Waals surface area contributed by atoms with E-state index in [9.17, 15) is 14.3 Å². The number of aromatic nitrogens is 1. The summed E-state index contributed by atoms with van der Waals surface area (Å²) in [5.74, 6) is 0.0219. The van der Waals surface area contributed by atoms with Crippen molar-refractivity contribution in [1.82, 2.24) is 9.88 Å². The van der Waals surface area contributed by atoms with Crippen LogP contribution in [0, 0.1) is 11.7 Å². The summed E-state index contributed by atoms with van der Waals surface area (Å²) in [4.78, 5) is 18.5. The SMILES string of the molecule is CC(C)(O)[C@H]1CCCN(C(=O)c2coc(COc3cccc(F)c3)n2)C1. The number of hydrogen-bond donors (Lipinski definition) is 1. The van der Waals surface area contributed by atoms with Gasteiger partial charge in [0.1, 0.15) is 17.8 Å². The van der Waals surface area contributed by atoms with E-state index in [0.717, 1.165) is 12.8 Å². The number of benzene rings is 1. The van der Waals surface area contributed by atoms with Gasteiger partial charge in [0.2, 0.25) is 5.89 Å². The molecule has 0 aliphatic carbocycles. The summed E-state index contributed by atoms with van der Waals surface area (Å²) >= 11 is 0. The molecule has 0 unspecified atom stereocenters. The van der Waals surface area contributed by atoms with Gasteiger partial charge in [0.05, 0.1) is 5.60 Å². The van der Waals surface area contributed by atoms with E-state index in [1.54, 1.807) is 30.9 Å². The summed E-state index contributed by atoms with van der Waals surface area (Å²) in [7, 11) is 0. The number of ether oxygens (including phenoxy) is 1. The number of amides is 1. The Kier molecular flexibility index (Phi) is 5.27. The van der Waals surface area contributed by atoms with Gasteiger partial charge >= 0.3 is 0 Å². The fraction of sp³-hybridized carbons (Fsp3) is 0.474. The van der Waals surface area contributed by atoms with Gasteiger partial charge < -0.3 is 19.2 Å². The Hall–Kier alpha value is -2.41. The van der Waals surface area contributed by atoms with E-state index in [1.165, 1.54) is 18.4 Å². The molecule has 0 spiro atoms. The summed E-state index contributed by atoms with van der Waals surface area (Å²) < 4.78 is 23.9. The zero-order valence-corrected chi connectivity index (χ0v) is 14.9. The first-order chi connectivity index (χ1) is 12.3. The van der Waals surface area contributed by atoms with Gasteiger partial charge in [-0.05, 0) is 38.8 Å². The molecule has 0 bridgehead atoms. The van der Waals surface area contributed by atoms with E-state index in [2.05, 4.69) is 4.98 Å². The molecule has 1 aromatic carbocycles. The molecule has 140 valence electrons. The molecule has 0 radical (unpaired) electrons. The zero-order chi connectivity index (χ0) is 18.7. The molecule has 3 rings (SSSR count). The monoisotopic (exact) mass is 362 g/mol. The fourth-order valence-corrected chi connectivity index (χ4v) is 3.08. The van der Waals surface area contributed by atoms with E-state index in [-0.39, 0.29) is 30.0 Å². The quantitative estimate of drug-likeness (QED) is 0.885. The Bertz CT molecular complexity index is 769. The summed E-state index contributed by atoms with van der Waals surface area (Å²) in [5, 5.41) is 10.2. The predicted molar refractivity (Wildman–Crippen MR) is 92.2 cm³/mol. The van der Waals surface area contributed by atoms with Crippen LogP contribution in [0.1, 0.15) is 43.1 Å². The standard InChI is InChI=1S/C19H23FN2O4/c1-19(2,24)13-5-4-8-22(10-13)18(23)16-11-26-17(21-16)12-25-15-7-3-6-14(20)9-15/h3,6-7,9,11,13,24H,4-5,8,10,12H2,1-2H3/t13-/m0/s1. The number of aliphatic hydroxyl groups is 1. The molecule has 1 N–H and O–H groups in total. The highest BCUT2D eigenvalue weighted by atomic mass is 19.1. The molecule has 6 nitrogen and oxygen atoms in total. The lowest BCUT2D eigenvalue weighted by molar-refractivity contribution is -0.0147. The van der Waals surface area contributed by atoms with Crippen molar-refractivity contribution in [3.8, 4) is 5.75 Å². The third kappa shape index (κ3) is 4.40. The molecule has 26 heavy (non-hydrogen) atoms. The van der Waals surface area contributed by atoms with Crippen molar-refractivity contribution in [2.75, 3.05) is 13.1 Å². The fourth-order valence-electron chi connectivity index (χ4n) is 3.08. The van der Waals surface area contributed by atoms with Gasteiger partial charge in [-0.25, -0.2) is 9.37 Å². The lowest BCUT2D eigenvalue weighted by Crippen LogP contribution is -2.47. The molecule has 1 aromatic heterocycles. The molecule has 1 saturated heterocycles. The largest absolute Gasteiger partial charge is 0.484 e. The first kappa shape index (κ1) is 18.4. The number of halogens is 1. The molecule has 0 saturated carbocycles. The minimum Gasteiger partial charge on any atom is -0.484 e. The van der Waals surface area contributed by atoms with E-state index in [4.69, 9.17) is 9.15 Å². The number of rotatable bonds is 5. The number of carbonyl (C=O) groups is 1. The Morgan fingerprint density at radius 3 is 3.04 bits per heavy atom. The maximum Gasteiger partial charge on any atom is 0.275 e. The van der Waals surface area contributed by atoms with Gasteiger partial charge in [0, 0.05) is 25.1 Å². The molecule has 1 atom stereocenters. The Labute approximate surface area is 151 Å². The lowest BCUT2D eigenvalue weighted by atomic mass is 9.84. The number of piperidine rings is 1. The van der Waals surface area contributed by atoms with Crippen molar-refractivity contribution >= 4 is 5.91 Å². The highest BCUT2D eigenvalue weighted by Crippen LogP contribution is 2.27. The van der Waals surface area contributed by atoms with Crippen LogP contribution in [-0.2, 0) is 6.61 Å². The number of carbonyl (C=O) groups excluding carboxylic acids is 1. The average molecular weight is 362 g/mol. The van der Waals surface area contributed by atoms with Crippen LogP contribution < -0.4 is 4.74 Å². The van der Waals surface area contributed by atoms with Crippen LogP contribution in [-0.4, -0.2) is 39.6 Å². The second-order valence-corrected chi connectivity index (χ2v) is 7.12. The zero-order valence-electron chi connectivity index (χ0n) is 14.9. The van der Waals surface area contributed by atoms with Crippen molar-refractivity contribution in [2.45, 2.75) is 38.9 Å². The van der Waals surface area contributed by atoms with E-state index >= 15 is 0 Å². The predicted octanol–water partition coefficient (Wildman–Crippen LogP) is 3.02. The van der Waals surface area contributed by atoms with Crippen LogP contribution in [0.25, 0.3) is 0 Å². The van der Waals surface area contributed by atoms with Crippen LogP contribution in [0.5, 0.6) is 5.75 Å². The summed E-state index contributed by atoms with van der Waals surface area (Å²) in [6, 6.07) is 5.76. The van der Waals surface area contributed by atoms with Crippen molar-refractivity contribution in [1.29, 1.82) is 0 Å². The van der Waals surface area contributed by atoms with Gasteiger partial charge in [-0.15, -0.1) is 0 Å². The molecule has 1 aliphatic rings. The highest BCUT2D eigenvalue weighted by molar-refractivity contribution is 5.92. The van der Waals surface area contributed by atoms with Gasteiger partial charge in [-0.3, -0.25) is 4.79 Å². The third-order valence-electron chi connectivity index (χ3n) is 4.64. The summed E-state index contributed by atoms with van der Waals surface area (Å²) in [6.07, 6.45) is 3.03. The second kappa shape index (κ2) is 7.45. The molecule has 1 fully saturated rings. The molecule has 1 aliphatic heterocycles. The van der Waals surface area contributed by atoms with Gasteiger partial charge in [0.25, 0.3) is 5.91 Å². The molecule has 2 aromatic rings. The maximum absolute atomic E-state index is 13.1. The first-order valence-electron chi connectivity index (χ1n) is 8.67. The third-order valence-corrected chi connectivity index (χ3v) is 4.64. The second-order valence-electron chi connectivity index (χ2n) is 7.12. The van der Waals surface area contributed by atoms with E-state index < -0.39 is 11.4 Å².